The number of carbonyl (C=O) groups is 1. The van der Waals surface area contributed by atoms with Crippen molar-refractivity contribution >= 4 is 45.0 Å². The summed E-state index contributed by atoms with van der Waals surface area (Å²) in [5.74, 6) is 0.457. The van der Waals surface area contributed by atoms with Crippen LogP contribution in [0.1, 0.15) is 26.8 Å². The molecule has 4 aromatic rings. The van der Waals surface area contributed by atoms with E-state index in [1.807, 2.05) is 49.6 Å². The largest absolute Gasteiger partial charge is 0.310 e. The van der Waals surface area contributed by atoms with E-state index in [4.69, 9.17) is 4.98 Å². The Morgan fingerprint density at radius 2 is 2.00 bits per heavy atom. The maximum absolute atomic E-state index is 13.5. The highest BCUT2D eigenvalue weighted by molar-refractivity contribution is 8.00. The van der Waals surface area contributed by atoms with E-state index in [9.17, 15) is 9.59 Å². The van der Waals surface area contributed by atoms with Gasteiger partial charge in [-0.25, -0.2) is 9.67 Å². The molecule has 3 heterocycles. The molecular weight excluding hydrogens is 454 g/mol. The minimum Gasteiger partial charge on any atom is -0.310 e. The maximum Gasteiger partial charge on any atom is 0.263 e. The SMILES string of the molecule is C=CCn1c(SC(C)C(=O)Nc2ccnn2C(C)C)nc2scc(-c3ccccc3)c2c1=O. The molecule has 0 saturated heterocycles. The summed E-state index contributed by atoms with van der Waals surface area (Å²) >= 11 is 2.69. The van der Waals surface area contributed by atoms with Gasteiger partial charge in [0.1, 0.15) is 10.6 Å². The summed E-state index contributed by atoms with van der Waals surface area (Å²) in [5.41, 5.74) is 1.71. The smallest absolute Gasteiger partial charge is 0.263 e. The highest BCUT2D eigenvalue weighted by atomic mass is 32.2. The number of fused-ring (bicyclic) bond motifs is 1. The Kier molecular flexibility index (Phi) is 6.80. The number of hydrogen-bond donors (Lipinski definition) is 1. The predicted octanol–water partition coefficient (Wildman–Crippen LogP) is 5.21. The highest BCUT2D eigenvalue weighted by Crippen LogP contribution is 2.33. The fourth-order valence-electron chi connectivity index (χ4n) is 3.48. The molecule has 9 heteroatoms. The fraction of sp³-hybridized carbons (Fsp3) is 0.250. The van der Waals surface area contributed by atoms with Crippen molar-refractivity contribution in [2.45, 2.75) is 43.8 Å². The second kappa shape index (κ2) is 9.76. The summed E-state index contributed by atoms with van der Waals surface area (Å²) in [6, 6.07) is 11.7. The molecule has 1 aromatic carbocycles. The molecule has 0 saturated carbocycles. The minimum atomic E-state index is -0.477. The van der Waals surface area contributed by atoms with E-state index in [0.717, 1.165) is 11.1 Å². The standard InChI is InChI=1S/C24H25N5O2S2/c1-5-13-28-23(31)20-18(17-9-7-6-8-10-17)14-32-22(20)27-24(28)33-16(4)21(30)26-19-11-12-25-29(19)15(2)3/h5-12,14-16H,1,13H2,2-4H3,(H,26,30). The van der Waals surface area contributed by atoms with E-state index >= 15 is 0 Å². The third kappa shape index (κ3) is 4.65. The van der Waals surface area contributed by atoms with Crippen molar-refractivity contribution in [2.75, 3.05) is 5.32 Å². The van der Waals surface area contributed by atoms with Gasteiger partial charge in [0.25, 0.3) is 5.56 Å². The molecule has 1 unspecified atom stereocenters. The number of aromatic nitrogens is 4. The molecule has 0 radical (unpaired) electrons. The van der Waals surface area contributed by atoms with E-state index < -0.39 is 5.25 Å². The van der Waals surface area contributed by atoms with Gasteiger partial charge in [0.05, 0.1) is 16.8 Å². The van der Waals surface area contributed by atoms with Crippen molar-refractivity contribution < 1.29 is 4.79 Å². The molecule has 4 rings (SSSR count). The second-order valence-electron chi connectivity index (χ2n) is 7.80. The van der Waals surface area contributed by atoms with E-state index in [-0.39, 0.29) is 17.5 Å². The van der Waals surface area contributed by atoms with Crippen molar-refractivity contribution in [3.63, 3.8) is 0 Å². The molecule has 1 atom stereocenters. The molecule has 7 nitrogen and oxygen atoms in total. The Hall–Kier alpha value is -3.17. The Morgan fingerprint density at radius 1 is 1.24 bits per heavy atom. The van der Waals surface area contributed by atoms with Crippen LogP contribution in [-0.2, 0) is 11.3 Å². The van der Waals surface area contributed by atoms with Gasteiger partial charge >= 0.3 is 0 Å². The number of hydrogen-bond acceptors (Lipinski definition) is 6. The van der Waals surface area contributed by atoms with Gasteiger partial charge in [-0.05, 0) is 26.3 Å². The quantitative estimate of drug-likeness (QED) is 0.213. The maximum atomic E-state index is 13.5. The summed E-state index contributed by atoms with van der Waals surface area (Å²) < 4.78 is 3.34. The van der Waals surface area contributed by atoms with Crippen LogP contribution in [0.15, 0.2) is 70.6 Å². The number of allylic oxidation sites excluding steroid dienone is 1. The number of amides is 1. The van der Waals surface area contributed by atoms with E-state index in [1.165, 1.54) is 23.1 Å². The summed E-state index contributed by atoms with van der Waals surface area (Å²) in [5, 5.41) is 9.75. The monoisotopic (exact) mass is 479 g/mol. The topological polar surface area (TPSA) is 81.8 Å². The zero-order valence-electron chi connectivity index (χ0n) is 18.7. The van der Waals surface area contributed by atoms with Crippen LogP contribution in [0.5, 0.6) is 0 Å². The number of rotatable bonds is 8. The summed E-state index contributed by atoms with van der Waals surface area (Å²) in [7, 11) is 0. The van der Waals surface area contributed by atoms with Crippen LogP contribution >= 0.6 is 23.1 Å². The van der Waals surface area contributed by atoms with Crippen LogP contribution in [0.3, 0.4) is 0 Å². The number of thiophene rings is 1. The number of anilines is 1. The van der Waals surface area contributed by atoms with Crippen molar-refractivity contribution in [3.8, 4) is 11.1 Å². The lowest BCUT2D eigenvalue weighted by Crippen LogP contribution is -2.27. The molecule has 0 aliphatic heterocycles. The predicted molar refractivity (Wildman–Crippen MR) is 136 cm³/mol. The first kappa shape index (κ1) is 23.0. The van der Waals surface area contributed by atoms with Crippen molar-refractivity contribution in [2.24, 2.45) is 0 Å². The average Bonchev–Trinajstić information content (AvgIpc) is 3.44. The van der Waals surface area contributed by atoms with Gasteiger partial charge in [0.2, 0.25) is 5.91 Å². The van der Waals surface area contributed by atoms with Crippen LogP contribution in [0.25, 0.3) is 21.3 Å². The fourth-order valence-corrected chi connectivity index (χ4v) is 5.39. The number of nitrogens with one attached hydrogen (secondary N) is 1. The lowest BCUT2D eigenvalue weighted by molar-refractivity contribution is -0.115. The first-order valence-corrected chi connectivity index (χ1v) is 12.4. The zero-order valence-corrected chi connectivity index (χ0v) is 20.3. The molecule has 170 valence electrons. The molecule has 3 aromatic heterocycles. The van der Waals surface area contributed by atoms with E-state index in [2.05, 4.69) is 17.0 Å². The molecule has 1 amide bonds. The average molecular weight is 480 g/mol. The summed E-state index contributed by atoms with van der Waals surface area (Å²) in [6.45, 7) is 9.90. The lowest BCUT2D eigenvalue weighted by Gasteiger charge is -2.16. The minimum absolute atomic E-state index is 0.123. The molecule has 1 N–H and O–H groups in total. The van der Waals surface area contributed by atoms with Gasteiger partial charge in [0.15, 0.2) is 5.16 Å². The molecule has 0 aliphatic rings. The van der Waals surface area contributed by atoms with Crippen molar-refractivity contribution in [1.82, 2.24) is 19.3 Å². The Balaban J connectivity index is 1.66. The lowest BCUT2D eigenvalue weighted by atomic mass is 10.1. The summed E-state index contributed by atoms with van der Waals surface area (Å²) in [4.78, 5) is 31.8. The third-order valence-electron chi connectivity index (χ3n) is 5.12. The van der Waals surface area contributed by atoms with Crippen LogP contribution < -0.4 is 10.9 Å². The first-order chi connectivity index (χ1) is 15.9. The zero-order chi connectivity index (χ0) is 23.5. The molecule has 33 heavy (non-hydrogen) atoms. The number of carbonyl (C=O) groups excluding carboxylic acids is 1. The van der Waals surface area contributed by atoms with Crippen molar-refractivity contribution in [3.05, 3.63) is 71.0 Å². The Bertz CT molecular complexity index is 1350. The van der Waals surface area contributed by atoms with Gasteiger partial charge in [-0.2, -0.15) is 5.10 Å². The van der Waals surface area contributed by atoms with Gasteiger partial charge in [-0.15, -0.1) is 17.9 Å². The number of benzene rings is 1. The first-order valence-electron chi connectivity index (χ1n) is 10.6. The number of nitrogens with zero attached hydrogens (tertiary/aromatic N) is 4. The van der Waals surface area contributed by atoms with Crippen LogP contribution in [0.4, 0.5) is 5.82 Å². The van der Waals surface area contributed by atoms with Crippen LogP contribution in [0, 0.1) is 0 Å². The van der Waals surface area contributed by atoms with Crippen LogP contribution in [-0.4, -0.2) is 30.5 Å². The van der Waals surface area contributed by atoms with Crippen molar-refractivity contribution in [1.29, 1.82) is 0 Å². The number of thioether (sulfide) groups is 1. The van der Waals surface area contributed by atoms with Crippen LogP contribution in [0.2, 0.25) is 0 Å². The molecule has 0 spiro atoms. The highest BCUT2D eigenvalue weighted by Gasteiger charge is 2.22. The molecule has 0 fully saturated rings. The van der Waals surface area contributed by atoms with E-state index in [1.54, 1.807) is 34.5 Å². The van der Waals surface area contributed by atoms with Gasteiger partial charge in [0, 0.05) is 29.6 Å². The Labute approximate surface area is 200 Å². The molecule has 0 aliphatic carbocycles. The Morgan fingerprint density at radius 3 is 2.70 bits per heavy atom. The van der Waals surface area contributed by atoms with Gasteiger partial charge < -0.3 is 5.32 Å². The molecular formula is C24H25N5O2S2. The van der Waals surface area contributed by atoms with E-state index in [0.29, 0.717) is 27.7 Å². The van der Waals surface area contributed by atoms with Gasteiger partial charge in [-0.3, -0.25) is 14.2 Å². The van der Waals surface area contributed by atoms with Gasteiger partial charge in [-0.1, -0.05) is 48.2 Å². The normalized spacial score (nSPS) is 12.2. The third-order valence-corrected chi connectivity index (χ3v) is 7.08. The molecule has 0 bridgehead atoms. The summed E-state index contributed by atoms with van der Waals surface area (Å²) in [6.07, 6.45) is 3.32. The second-order valence-corrected chi connectivity index (χ2v) is 9.96.